The van der Waals surface area contributed by atoms with Gasteiger partial charge in [0.15, 0.2) is 5.96 Å². The number of ether oxygens (including phenoxy) is 3. The fourth-order valence-electron chi connectivity index (χ4n) is 2.46. The Morgan fingerprint density at radius 3 is 3.04 bits per heavy atom. The van der Waals surface area contributed by atoms with E-state index in [0.29, 0.717) is 33.0 Å². The van der Waals surface area contributed by atoms with Gasteiger partial charge in [0.05, 0.1) is 39.2 Å². The van der Waals surface area contributed by atoms with E-state index in [2.05, 4.69) is 20.3 Å². The summed E-state index contributed by atoms with van der Waals surface area (Å²) in [5, 5.41) is 7.54. The van der Waals surface area contributed by atoms with Crippen LogP contribution in [0.25, 0.3) is 0 Å². The molecule has 0 saturated carbocycles. The molecular weight excluding hydrogens is 298 g/mol. The predicted octanol–water partition coefficient (Wildman–Crippen LogP) is 0.0318. The summed E-state index contributed by atoms with van der Waals surface area (Å²) in [7, 11) is 5.37. The van der Waals surface area contributed by atoms with E-state index in [1.807, 2.05) is 19.4 Å². The van der Waals surface area contributed by atoms with Gasteiger partial charge in [0.25, 0.3) is 0 Å². The zero-order valence-corrected chi connectivity index (χ0v) is 14.2. The van der Waals surface area contributed by atoms with Gasteiger partial charge in [-0.05, 0) is 0 Å². The smallest absolute Gasteiger partial charge is 0.193 e. The lowest BCUT2D eigenvalue weighted by molar-refractivity contribution is -0.00819. The summed E-state index contributed by atoms with van der Waals surface area (Å²) in [6.45, 7) is 4.81. The fourth-order valence-corrected chi connectivity index (χ4v) is 2.46. The molecule has 1 N–H and O–H groups in total. The van der Waals surface area contributed by atoms with Crippen molar-refractivity contribution in [3.63, 3.8) is 0 Å². The number of hydrogen-bond donors (Lipinski definition) is 1. The average Bonchev–Trinajstić information content (AvgIpc) is 3.01. The van der Waals surface area contributed by atoms with Gasteiger partial charge in [0, 0.05) is 46.1 Å². The molecule has 0 aliphatic carbocycles. The molecule has 0 bridgehead atoms. The second kappa shape index (κ2) is 9.49. The number of methoxy groups -OCH3 is 1. The van der Waals surface area contributed by atoms with Crippen LogP contribution in [0.15, 0.2) is 17.4 Å². The van der Waals surface area contributed by atoms with Crippen LogP contribution >= 0.6 is 0 Å². The monoisotopic (exact) mass is 325 g/mol. The minimum absolute atomic E-state index is 0.0222. The summed E-state index contributed by atoms with van der Waals surface area (Å²) in [6.07, 6.45) is 3.87. The Morgan fingerprint density at radius 1 is 1.48 bits per heavy atom. The first-order valence-corrected chi connectivity index (χ1v) is 7.87. The zero-order chi connectivity index (χ0) is 16.5. The van der Waals surface area contributed by atoms with Crippen LogP contribution in [0.3, 0.4) is 0 Å². The molecule has 8 heteroatoms. The molecule has 23 heavy (non-hydrogen) atoms. The molecule has 1 aromatic rings. The Morgan fingerprint density at radius 2 is 2.35 bits per heavy atom. The first-order chi connectivity index (χ1) is 11.2. The summed E-state index contributed by atoms with van der Waals surface area (Å²) in [6, 6.07) is 0. The summed E-state index contributed by atoms with van der Waals surface area (Å²) >= 11 is 0. The van der Waals surface area contributed by atoms with Crippen LogP contribution in [0.1, 0.15) is 11.7 Å². The molecule has 1 aromatic heterocycles. The normalized spacial score (nSPS) is 19.2. The first kappa shape index (κ1) is 17.7. The van der Waals surface area contributed by atoms with Crippen molar-refractivity contribution in [2.24, 2.45) is 12.0 Å². The standard InChI is InChI=1S/C15H27N5O3/c1-16-15(17-4-6-22-9-8-21-3)20-5-7-23-14(12-20)13-10-18-19(2)11-13/h10-11,14H,4-9,12H2,1-3H3,(H,16,17). The van der Waals surface area contributed by atoms with E-state index in [1.165, 1.54) is 0 Å². The maximum absolute atomic E-state index is 5.86. The third-order valence-corrected chi connectivity index (χ3v) is 3.64. The van der Waals surface area contributed by atoms with E-state index in [1.54, 1.807) is 18.8 Å². The summed E-state index contributed by atoms with van der Waals surface area (Å²) in [5.41, 5.74) is 1.09. The van der Waals surface area contributed by atoms with Gasteiger partial charge in [-0.2, -0.15) is 5.10 Å². The van der Waals surface area contributed by atoms with Gasteiger partial charge in [-0.25, -0.2) is 0 Å². The topological polar surface area (TPSA) is 73.1 Å². The Labute approximate surface area is 137 Å². The van der Waals surface area contributed by atoms with Crippen molar-refractivity contribution >= 4 is 5.96 Å². The van der Waals surface area contributed by atoms with Crippen LogP contribution in [0.2, 0.25) is 0 Å². The largest absolute Gasteiger partial charge is 0.382 e. The summed E-state index contributed by atoms with van der Waals surface area (Å²) in [4.78, 5) is 6.56. The van der Waals surface area contributed by atoms with Crippen LogP contribution in [-0.4, -0.2) is 80.9 Å². The van der Waals surface area contributed by atoms with Gasteiger partial charge in [0.1, 0.15) is 6.10 Å². The Bertz CT molecular complexity index is 491. The summed E-state index contributed by atoms with van der Waals surface area (Å²) in [5.74, 6) is 0.873. The first-order valence-electron chi connectivity index (χ1n) is 7.87. The minimum atomic E-state index is 0.0222. The molecule has 0 radical (unpaired) electrons. The Balaban J connectivity index is 1.79. The number of nitrogens with one attached hydrogen (secondary N) is 1. The molecule has 1 fully saturated rings. The maximum Gasteiger partial charge on any atom is 0.193 e. The predicted molar refractivity (Wildman–Crippen MR) is 87.5 cm³/mol. The van der Waals surface area contributed by atoms with Crippen molar-refractivity contribution in [1.29, 1.82) is 0 Å². The molecule has 8 nitrogen and oxygen atoms in total. The molecule has 0 spiro atoms. The number of nitrogens with zero attached hydrogens (tertiary/aromatic N) is 4. The third kappa shape index (κ3) is 5.49. The molecule has 130 valence electrons. The molecule has 0 aromatic carbocycles. The molecule has 0 amide bonds. The van der Waals surface area contributed by atoms with E-state index < -0.39 is 0 Å². The molecule has 1 saturated heterocycles. The van der Waals surface area contributed by atoms with Gasteiger partial charge in [0.2, 0.25) is 0 Å². The van der Waals surface area contributed by atoms with Crippen molar-refractivity contribution in [3.05, 3.63) is 18.0 Å². The van der Waals surface area contributed by atoms with E-state index in [9.17, 15) is 0 Å². The van der Waals surface area contributed by atoms with Gasteiger partial charge in [-0.3, -0.25) is 9.67 Å². The lowest BCUT2D eigenvalue weighted by Gasteiger charge is -2.34. The second-order valence-corrected chi connectivity index (χ2v) is 5.33. The number of guanidine groups is 1. The van der Waals surface area contributed by atoms with Crippen LogP contribution in [-0.2, 0) is 21.3 Å². The highest BCUT2D eigenvalue weighted by molar-refractivity contribution is 5.80. The van der Waals surface area contributed by atoms with Crippen LogP contribution in [0.5, 0.6) is 0 Å². The Kier molecular flexibility index (Phi) is 7.31. The van der Waals surface area contributed by atoms with E-state index in [4.69, 9.17) is 14.2 Å². The van der Waals surface area contributed by atoms with E-state index in [-0.39, 0.29) is 6.10 Å². The fraction of sp³-hybridized carbons (Fsp3) is 0.733. The van der Waals surface area contributed by atoms with Crippen molar-refractivity contribution in [2.75, 3.05) is 60.2 Å². The number of rotatable bonds is 7. The number of aryl methyl sites for hydroxylation is 1. The van der Waals surface area contributed by atoms with Gasteiger partial charge >= 0.3 is 0 Å². The highest BCUT2D eigenvalue weighted by Crippen LogP contribution is 2.21. The molecule has 1 unspecified atom stereocenters. The van der Waals surface area contributed by atoms with Gasteiger partial charge in [-0.15, -0.1) is 0 Å². The number of morpholine rings is 1. The van der Waals surface area contributed by atoms with Crippen LogP contribution in [0, 0.1) is 0 Å². The highest BCUT2D eigenvalue weighted by atomic mass is 16.5. The van der Waals surface area contributed by atoms with Crippen molar-refractivity contribution in [2.45, 2.75) is 6.10 Å². The molecule has 2 rings (SSSR count). The van der Waals surface area contributed by atoms with Crippen molar-refractivity contribution in [3.8, 4) is 0 Å². The summed E-state index contributed by atoms with van der Waals surface area (Å²) < 4.78 is 18.0. The van der Waals surface area contributed by atoms with Crippen LogP contribution < -0.4 is 5.32 Å². The maximum atomic E-state index is 5.86. The van der Waals surface area contributed by atoms with E-state index in [0.717, 1.165) is 24.6 Å². The van der Waals surface area contributed by atoms with Crippen molar-refractivity contribution in [1.82, 2.24) is 20.0 Å². The SMILES string of the molecule is CN=C(NCCOCCOC)N1CCOC(c2cnn(C)c2)C1. The Hall–Kier alpha value is -1.64. The minimum Gasteiger partial charge on any atom is -0.382 e. The van der Waals surface area contributed by atoms with Gasteiger partial charge in [-0.1, -0.05) is 0 Å². The van der Waals surface area contributed by atoms with Crippen molar-refractivity contribution < 1.29 is 14.2 Å². The number of aromatic nitrogens is 2. The number of hydrogen-bond acceptors (Lipinski definition) is 5. The quantitative estimate of drug-likeness (QED) is 0.433. The van der Waals surface area contributed by atoms with Gasteiger partial charge < -0.3 is 24.4 Å². The lowest BCUT2D eigenvalue weighted by atomic mass is 10.1. The highest BCUT2D eigenvalue weighted by Gasteiger charge is 2.24. The molecule has 1 aliphatic heterocycles. The molecule has 1 aliphatic rings. The lowest BCUT2D eigenvalue weighted by Crippen LogP contribution is -2.48. The van der Waals surface area contributed by atoms with E-state index >= 15 is 0 Å². The number of aliphatic imine (C=N–C) groups is 1. The molecule has 2 heterocycles. The zero-order valence-electron chi connectivity index (χ0n) is 14.2. The molecule has 1 atom stereocenters. The average molecular weight is 325 g/mol. The second-order valence-electron chi connectivity index (χ2n) is 5.33. The van der Waals surface area contributed by atoms with Crippen LogP contribution in [0.4, 0.5) is 0 Å². The molecular formula is C15H27N5O3. The third-order valence-electron chi connectivity index (χ3n) is 3.64.